The normalized spacial score (nSPS) is 17.6. The van der Waals surface area contributed by atoms with Crippen molar-refractivity contribution in [1.82, 2.24) is 0 Å². The molecule has 1 atom stereocenters. The molecule has 28 heavy (non-hydrogen) atoms. The Balaban J connectivity index is 1.46. The van der Waals surface area contributed by atoms with Gasteiger partial charge in [0, 0.05) is 24.0 Å². The van der Waals surface area contributed by atoms with Gasteiger partial charge in [0.25, 0.3) is 0 Å². The number of ether oxygens (including phenoxy) is 4. The maximum absolute atomic E-state index is 6.40. The molecular formula is C22H27ClNO4+. The van der Waals surface area contributed by atoms with Crippen LogP contribution in [0.1, 0.15) is 37.0 Å². The van der Waals surface area contributed by atoms with Crippen LogP contribution >= 0.6 is 11.6 Å². The largest absolute Gasteiger partial charge is 0.493 e. The Kier molecular flexibility index (Phi) is 5.83. The summed E-state index contributed by atoms with van der Waals surface area (Å²) in [5.41, 5.74) is 3.49. The predicted molar refractivity (Wildman–Crippen MR) is 108 cm³/mol. The lowest BCUT2D eigenvalue weighted by Crippen LogP contribution is -2.80. The van der Waals surface area contributed by atoms with Gasteiger partial charge in [-0.3, -0.25) is 0 Å². The fourth-order valence-electron chi connectivity index (χ4n) is 3.73. The first-order chi connectivity index (χ1) is 13.6. The molecule has 0 bridgehead atoms. The summed E-state index contributed by atoms with van der Waals surface area (Å²) in [6.45, 7) is 7.64. The van der Waals surface area contributed by atoms with Crippen molar-refractivity contribution in [2.24, 2.45) is 0 Å². The Morgan fingerprint density at radius 2 is 1.96 bits per heavy atom. The molecule has 0 spiro atoms. The zero-order chi connectivity index (χ0) is 19.5. The highest BCUT2D eigenvalue weighted by molar-refractivity contribution is 6.32. The van der Waals surface area contributed by atoms with Crippen LogP contribution in [0.3, 0.4) is 0 Å². The average Bonchev–Trinajstić information content (AvgIpc) is 2.86. The smallest absolute Gasteiger partial charge is 0.179 e. The molecule has 2 heterocycles. The van der Waals surface area contributed by atoms with Gasteiger partial charge < -0.3 is 24.3 Å². The molecule has 0 fully saturated rings. The highest BCUT2D eigenvalue weighted by Gasteiger charge is 2.22. The van der Waals surface area contributed by atoms with Gasteiger partial charge in [0.1, 0.15) is 30.7 Å². The fourth-order valence-corrected chi connectivity index (χ4v) is 4.02. The maximum Gasteiger partial charge on any atom is 0.179 e. The van der Waals surface area contributed by atoms with E-state index >= 15 is 0 Å². The fraction of sp³-hybridized carbons (Fsp3) is 0.455. The van der Waals surface area contributed by atoms with Crippen molar-refractivity contribution in [3.63, 3.8) is 0 Å². The summed E-state index contributed by atoms with van der Waals surface area (Å²) >= 11 is 6.40. The second-order valence-corrected chi connectivity index (χ2v) is 7.69. The van der Waals surface area contributed by atoms with Crippen molar-refractivity contribution in [3.05, 3.63) is 46.0 Å². The van der Waals surface area contributed by atoms with E-state index in [2.05, 4.69) is 24.4 Å². The van der Waals surface area contributed by atoms with Gasteiger partial charge in [-0.25, -0.2) is 0 Å². The summed E-state index contributed by atoms with van der Waals surface area (Å²) in [7, 11) is 0. The van der Waals surface area contributed by atoms with Gasteiger partial charge in [-0.15, -0.1) is 0 Å². The summed E-state index contributed by atoms with van der Waals surface area (Å²) in [5, 5.41) is 2.84. The van der Waals surface area contributed by atoms with E-state index in [4.69, 9.17) is 30.5 Å². The van der Waals surface area contributed by atoms with E-state index in [1.54, 1.807) is 0 Å². The van der Waals surface area contributed by atoms with Crippen molar-refractivity contribution >= 4 is 11.6 Å². The highest BCUT2D eigenvalue weighted by Crippen LogP contribution is 2.38. The Bertz CT molecular complexity index is 855. The van der Waals surface area contributed by atoms with E-state index in [-0.39, 0.29) is 6.10 Å². The molecule has 0 aliphatic carbocycles. The van der Waals surface area contributed by atoms with Gasteiger partial charge in [0.2, 0.25) is 0 Å². The first kappa shape index (κ1) is 19.2. The minimum atomic E-state index is 0.229. The van der Waals surface area contributed by atoms with Crippen molar-refractivity contribution in [2.45, 2.75) is 45.9 Å². The molecule has 4 rings (SSSR count). The van der Waals surface area contributed by atoms with Gasteiger partial charge in [-0.2, -0.15) is 0 Å². The second-order valence-electron chi connectivity index (χ2n) is 7.29. The van der Waals surface area contributed by atoms with Crippen LogP contribution in [0.4, 0.5) is 0 Å². The minimum absolute atomic E-state index is 0.229. The van der Waals surface area contributed by atoms with Crippen LogP contribution in [0.2, 0.25) is 5.02 Å². The molecule has 0 saturated heterocycles. The summed E-state index contributed by atoms with van der Waals surface area (Å²) < 4.78 is 23.3. The summed E-state index contributed by atoms with van der Waals surface area (Å²) in [6, 6.07) is 8.25. The molecule has 6 heteroatoms. The standard InChI is InChI=1S/C22H26ClNO4/c1-3-25-19-10-16-7-14(2)28-20(16)11-17(19)13-24-12-15-8-18(23)22-21(9-15)26-5-4-6-27-22/h8-11,14,24H,3-7,12-13H2,1-2H3/p+1/t14-/m0/s1. The summed E-state index contributed by atoms with van der Waals surface area (Å²) in [5.74, 6) is 3.33. The zero-order valence-electron chi connectivity index (χ0n) is 16.4. The zero-order valence-corrected chi connectivity index (χ0v) is 17.2. The van der Waals surface area contributed by atoms with Gasteiger partial charge in [-0.1, -0.05) is 11.6 Å². The molecule has 2 aliphatic heterocycles. The SMILES string of the molecule is CCOc1cc2c(cc1C[NH2+]Cc1cc(Cl)c3c(c1)OCCCO3)O[C@@H](C)C2. The molecule has 0 saturated carbocycles. The van der Waals surface area contributed by atoms with Crippen molar-refractivity contribution < 1.29 is 24.3 Å². The Labute approximate surface area is 170 Å². The lowest BCUT2D eigenvalue weighted by atomic mass is 10.1. The third-order valence-corrected chi connectivity index (χ3v) is 5.27. The number of benzene rings is 2. The Hall–Kier alpha value is -2.11. The number of fused-ring (bicyclic) bond motifs is 2. The van der Waals surface area contributed by atoms with Gasteiger partial charge in [0.05, 0.1) is 30.4 Å². The third kappa shape index (κ3) is 4.15. The van der Waals surface area contributed by atoms with Crippen LogP contribution in [0.15, 0.2) is 24.3 Å². The topological polar surface area (TPSA) is 53.5 Å². The van der Waals surface area contributed by atoms with Crippen molar-refractivity contribution in [3.8, 4) is 23.0 Å². The van der Waals surface area contributed by atoms with Crippen LogP contribution in [0.25, 0.3) is 0 Å². The monoisotopic (exact) mass is 404 g/mol. The number of rotatable bonds is 6. The molecule has 2 aliphatic rings. The lowest BCUT2D eigenvalue weighted by molar-refractivity contribution is -0.686. The molecule has 0 radical (unpaired) electrons. The Morgan fingerprint density at radius 1 is 1.11 bits per heavy atom. The van der Waals surface area contributed by atoms with Gasteiger partial charge in [0.15, 0.2) is 11.5 Å². The third-order valence-electron chi connectivity index (χ3n) is 4.99. The number of halogens is 1. The van der Waals surface area contributed by atoms with Crippen LogP contribution < -0.4 is 24.3 Å². The van der Waals surface area contributed by atoms with Crippen LogP contribution in [-0.4, -0.2) is 25.9 Å². The van der Waals surface area contributed by atoms with Crippen molar-refractivity contribution in [2.75, 3.05) is 19.8 Å². The van der Waals surface area contributed by atoms with E-state index in [1.165, 1.54) is 5.56 Å². The van der Waals surface area contributed by atoms with Gasteiger partial charge in [-0.05, 0) is 38.1 Å². The minimum Gasteiger partial charge on any atom is -0.493 e. The summed E-state index contributed by atoms with van der Waals surface area (Å²) in [6.07, 6.45) is 2.04. The van der Waals surface area contributed by atoms with Crippen LogP contribution in [0.5, 0.6) is 23.0 Å². The molecule has 0 amide bonds. The van der Waals surface area contributed by atoms with E-state index in [1.807, 2.05) is 19.1 Å². The van der Waals surface area contributed by atoms with Crippen LogP contribution in [-0.2, 0) is 19.5 Å². The predicted octanol–water partition coefficient (Wildman–Crippen LogP) is 3.49. The number of hydrogen-bond acceptors (Lipinski definition) is 4. The molecule has 0 aromatic heterocycles. The molecule has 150 valence electrons. The Morgan fingerprint density at radius 3 is 2.82 bits per heavy atom. The van der Waals surface area contributed by atoms with E-state index in [9.17, 15) is 0 Å². The molecule has 2 aromatic rings. The first-order valence-corrected chi connectivity index (χ1v) is 10.4. The quantitative estimate of drug-likeness (QED) is 0.800. The first-order valence-electron chi connectivity index (χ1n) is 9.99. The van der Waals surface area contributed by atoms with Gasteiger partial charge >= 0.3 is 0 Å². The number of hydrogen-bond donors (Lipinski definition) is 1. The van der Waals surface area contributed by atoms with E-state index in [0.717, 1.165) is 54.3 Å². The molecule has 5 nitrogen and oxygen atoms in total. The number of quaternary nitrogens is 1. The van der Waals surface area contributed by atoms with Crippen LogP contribution in [0, 0.1) is 0 Å². The summed E-state index contributed by atoms with van der Waals surface area (Å²) in [4.78, 5) is 0. The highest BCUT2D eigenvalue weighted by atomic mass is 35.5. The average molecular weight is 405 g/mol. The molecule has 2 aromatic carbocycles. The number of nitrogens with two attached hydrogens (primary N) is 1. The lowest BCUT2D eigenvalue weighted by Gasteiger charge is -2.13. The maximum atomic E-state index is 6.40. The molecule has 2 N–H and O–H groups in total. The van der Waals surface area contributed by atoms with E-state index < -0.39 is 0 Å². The van der Waals surface area contributed by atoms with E-state index in [0.29, 0.717) is 30.6 Å². The molecule has 0 unspecified atom stereocenters. The molecular weight excluding hydrogens is 378 g/mol. The second kappa shape index (κ2) is 8.50. The van der Waals surface area contributed by atoms with Crippen molar-refractivity contribution in [1.29, 1.82) is 0 Å².